The number of aryl methyl sites for hydroxylation is 1. The lowest BCUT2D eigenvalue weighted by molar-refractivity contribution is -0.128. The van der Waals surface area contributed by atoms with Crippen molar-refractivity contribution in [1.29, 1.82) is 0 Å². The van der Waals surface area contributed by atoms with Gasteiger partial charge in [-0.25, -0.2) is 15.0 Å². The van der Waals surface area contributed by atoms with E-state index in [1.54, 1.807) is 18.5 Å². The van der Waals surface area contributed by atoms with Gasteiger partial charge in [0.2, 0.25) is 17.0 Å². The van der Waals surface area contributed by atoms with Gasteiger partial charge in [0.25, 0.3) is 0 Å². The molecule has 1 aromatic carbocycles. The molecule has 0 saturated carbocycles. The minimum Gasteiger partial charge on any atom is -0.338 e. The number of thioether (sulfide) groups is 1. The van der Waals surface area contributed by atoms with Crippen LogP contribution >= 0.6 is 11.8 Å². The van der Waals surface area contributed by atoms with Crippen LogP contribution in [0.5, 0.6) is 0 Å². The Kier molecular flexibility index (Phi) is 6.04. The predicted molar refractivity (Wildman–Crippen MR) is 113 cm³/mol. The maximum Gasteiger partial charge on any atom is 0.233 e. The fourth-order valence-corrected chi connectivity index (χ4v) is 3.87. The summed E-state index contributed by atoms with van der Waals surface area (Å²) in [5.41, 5.74) is 2.28. The fraction of sp³-hybridized carbons (Fsp3) is 0.350. The summed E-state index contributed by atoms with van der Waals surface area (Å²) in [6.07, 6.45) is 4.48. The molecule has 9 heteroatoms. The second kappa shape index (κ2) is 9.04. The number of aromatic nitrogens is 5. The van der Waals surface area contributed by atoms with Gasteiger partial charge in [-0.05, 0) is 18.1 Å². The van der Waals surface area contributed by atoms with E-state index in [0.29, 0.717) is 29.9 Å². The second-order valence-electron chi connectivity index (χ2n) is 6.72. The lowest BCUT2D eigenvalue weighted by atomic mass is 10.1. The van der Waals surface area contributed by atoms with Crippen LogP contribution in [0, 0.1) is 0 Å². The number of piperazine rings is 1. The highest BCUT2D eigenvalue weighted by Gasteiger charge is 2.22. The minimum absolute atomic E-state index is 0.0993. The summed E-state index contributed by atoms with van der Waals surface area (Å²) in [6, 6.07) is 10.1. The number of nitrogens with one attached hydrogen (secondary N) is 1. The summed E-state index contributed by atoms with van der Waals surface area (Å²) < 4.78 is 0. The number of H-pyrrole nitrogens is 1. The van der Waals surface area contributed by atoms with Crippen molar-refractivity contribution in [2.45, 2.75) is 18.5 Å². The number of benzene rings is 1. The molecule has 0 bridgehead atoms. The molecule has 1 aliphatic heterocycles. The molecule has 1 aliphatic rings. The molecular formula is C20H23N7OS. The van der Waals surface area contributed by atoms with Crippen LogP contribution in [0.1, 0.15) is 12.5 Å². The SMILES string of the molecule is CCc1ccc(-c2nc(SCC(=O)N3CCN(c4ncccn4)CC3)n[nH]2)cc1. The number of anilines is 1. The van der Waals surface area contributed by atoms with Crippen LogP contribution in [0.25, 0.3) is 11.4 Å². The summed E-state index contributed by atoms with van der Waals surface area (Å²) in [5, 5.41) is 7.78. The van der Waals surface area contributed by atoms with Crippen molar-refractivity contribution in [3.05, 3.63) is 48.3 Å². The zero-order chi connectivity index (χ0) is 20.1. The number of hydrogen-bond donors (Lipinski definition) is 1. The molecule has 0 aliphatic carbocycles. The Morgan fingerprint density at radius 1 is 1.10 bits per heavy atom. The Bertz CT molecular complexity index is 937. The maximum absolute atomic E-state index is 12.6. The van der Waals surface area contributed by atoms with E-state index in [4.69, 9.17) is 0 Å². The Morgan fingerprint density at radius 3 is 2.52 bits per heavy atom. The number of carbonyl (C=O) groups is 1. The summed E-state index contributed by atoms with van der Waals surface area (Å²) in [6.45, 7) is 4.93. The smallest absolute Gasteiger partial charge is 0.233 e. The van der Waals surface area contributed by atoms with E-state index in [2.05, 4.69) is 49.1 Å². The molecule has 0 unspecified atom stereocenters. The molecular weight excluding hydrogens is 386 g/mol. The lowest BCUT2D eigenvalue weighted by Gasteiger charge is -2.34. The number of aromatic amines is 1. The molecule has 3 aromatic rings. The van der Waals surface area contributed by atoms with Gasteiger partial charge >= 0.3 is 0 Å². The van der Waals surface area contributed by atoms with E-state index >= 15 is 0 Å². The normalized spacial score (nSPS) is 14.2. The Balaban J connectivity index is 1.27. The van der Waals surface area contributed by atoms with E-state index in [-0.39, 0.29) is 5.91 Å². The molecule has 8 nitrogen and oxygen atoms in total. The van der Waals surface area contributed by atoms with Crippen molar-refractivity contribution in [2.24, 2.45) is 0 Å². The van der Waals surface area contributed by atoms with E-state index in [1.807, 2.05) is 17.0 Å². The second-order valence-corrected chi connectivity index (χ2v) is 7.66. The topological polar surface area (TPSA) is 90.9 Å². The van der Waals surface area contributed by atoms with Crippen LogP contribution < -0.4 is 4.90 Å². The standard InChI is InChI=1S/C20H23N7OS/c1-2-15-4-6-16(7-5-15)18-23-20(25-24-18)29-14-17(28)26-10-12-27(13-11-26)19-21-8-3-9-22-19/h3-9H,2,10-14H2,1H3,(H,23,24,25). The summed E-state index contributed by atoms with van der Waals surface area (Å²) in [5.74, 6) is 1.86. The Hall–Kier alpha value is -2.94. The van der Waals surface area contributed by atoms with Gasteiger partial charge in [-0.3, -0.25) is 9.89 Å². The monoisotopic (exact) mass is 409 g/mol. The molecule has 1 N–H and O–H groups in total. The number of carbonyl (C=O) groups excluding carboxylic acids is 1. The molecule has 1 amide bonds. The van der Waals surface area contributed by atoms with E-state index in [9.17, 15) is 4.79 Å². The first kappa shape index (κ1) is 19.4. The quantitative estimate of drug-likeness (QED) is 0.625. The van der Waals surface area contributed by atoms with Crippen molar-refractivity contribution < 1.29 is 4.79 Å². The minimum atomic E-state index is 0.0993. The van der Waals surface area contributed by atoms with Crippen LogP contribution in [-0.4, -0.2) is 67.9 Å². The zero-order valence-corrected chi connectivity index (χ0v) is 17.1. The van der Waals surface area contributed by atoms with Crippen LogP contribution in [0.15, 0.2) is 47.9 Å². The molecule has 3 heterocycles. The van der Waals surface area contributed by atoms with Gasteiger partial charge in [0.1, 0.15) is 0 Å². The van der Waals surface area contributed by atoms with Crippen LogP contribution in [0.3, 0.4) is 0 Å². The van der Waals surface area contributed by atoms with E-state index < -0.39 is 0 Å². The van der Waals surface area contributed by atoms with Crippen molar-refractivity contribution in [3.8, 4) is 11.4 Å². The van der Waals surface area contributed by atoms with Crippen molar-refractivity contribution in [2.75, 3.05) is 36.8 Å². The zero-order valence-electron chi connectivity index (χ0n) is 16.3. The van der Waals surface area contributed by atoms with Gasteiger partial charge in [0, 0.05) is 44.1 Å². The lowest BCUT2D eigenvalue weighted by Crippen LogP contribution is -2.49. The van der Waals surface area contributed by atoms with Crippen LogP contribution in [0.4, 0.5) is 5.95 Å². The van der Waals surface area contributed by atoms with Crippen molar-refractivity contribution in [3.63, 3.8) is 0 Å². The van der Waals surface area contributed by atoms with Crippen molar-refractivity contribution >= 4 is 23.6 Å². The van der Waals surface area contributed by atoms with Gasteiger partial charge in [-0.15, -0.1) is 5.10 Å². The highest BCUT2D eigenvalue weighted by Crippen LogP contribution is 2.20. The summed E-state index contributed by atoms with van der Waals surface area (Å²) >= 11 is 1.36. The highest BCUT2D eigenvalue weighted by atomic mass is 32.2. The molecule has 1 fully saturated rings. The molecule has 1 saturated heterocycles. The third-order valence-electron chi connectivity index (χ3n) is 4.89. The summed E-state index contributed by atoms with van der Waals surface area (Å²) in [7, 11) is 0. The summed E-state index contributed by atoms with van der Waals surface area (Å²) in [4.78, 5) is 29.6. The molecule has 0 radical (unpaired) electrons. The molecule has 29 heavy (non-hydrogen) atoms. The number of amides is 1. The van der Waals surface area contributed by atoms with Crippen LogP contribution in [-0.2, 0) is 11.2 Å². The van der Waals surface area contributed by atoms with Gasteiger partial charge in [0.15, 0.2) is 5.82 Å². The third-order valence-corrected chi connectivity index (χ3v) is 5.72. The molecule has 0 spiro atoms. The third kappa shape index (κ3) is 4.73. The number of hydrogen-bond acceptors (Lipinski definition) is 7. The fourth-order valence-electron chi connectivity index (χ4n) is 3.17. The molecule has 4 rings (SSSR count). The van der Waals surface area contributed by atoms with Gasteiger partial charge in [-0.1, -0.05) is 43.0 Å². The van der Waals surface area contributed by atoms with Gasteiger partial charge in [-0.2, -0.15) is 0 Å². The maximum atomic E-state index is 12.6. The highest BCUT2D eigenvalue weighted by molar-refractivity contribution is 7.99. The van der Waals surface area contributed by atoms with Gasteiger partial charge in [0.05, 0.1) is 5.75 Å². The average Bonchev–Trinajstić information content (AvgIpc) is 3.27. The largest absolute Gasteiger partial charge is 0.338 e. The average molecular weight is 410 g/mol. The van der Waals surface area contributed by atoms with E-state index in [1.165, 1.54) is 17.3 Å². The predicted octanol–water partition coefficient (Wildman–Crippen LogP) is 2.26. The van der Waals surface area contributed by atoms with E-state index in [0.717, 1.165) is 30.9 Å². The Morgan fingerprint density at radius 2 is 1.83 bits per heavy atom. The Labute approximate surface area is 173 Å². The number of nitrogens with zero attached hydrogens (tertiary/aromatic N) is 6. The molecule has 0 atom stereocenters. The first-order valence-corrected chi connectivity index (χ1v) is 10.7. The van der Waals surface area contributed by atoms with Crippen molar-refractivity contribution in [1.82, 2.24) is 30.0 Å². The first-order valence-electron chi connectivity index (χ1n) is 9.67. The molecule has 2 aromatic heterocycles. The van der Waals surface area contributed by atoms with Gasteiger partial charge < -0.3 is 9.80 Å². The van der Waals surface area contributed by atoms with Crippen LogP contribution in [0.2, 0.25) is 0 Å². The number of rotatable bonds is 6. The molecule has 150 valence electrons. The first-order chi connectivity index (χ1) is 14.2.